The summed E-state index contributed by atoms with van der Waals surface area (Å²) < 4.78 is 0. The first-order valence-electron chi connectivity index (χ1n) is 8.75. The highest BCUT2D eigenvalue weighted by Crippen LogP contribution is 2.37. The summed E-state index contributed by atoms with van der Waals surface area (Å²) in [7, 11) is 0. The normalized spacial score (nSPS) is 23.9. The summed E-state index contributed by atoms with van der Waals surface area (Å²) in [6, 6.07) is 5.93. The molecule has 122 valence electrons. The second kappa shape index (κ2) is 5.87. The zero-order chi connectivity index (χ0) is 15.8. The Bertz CT molecular complexity index is 637. The average molecular weight is 313 g/mol. The first kappa shape index (κ1) is 14.5. The van der Waals surface area contributed by atoms with E-state index in [2.05, 4.69) is 15.5 Å². The summed E-state index contributed by atoms with van der Waals surface area (Å²) in [5.74, 6) is 0.0253. The van der Waals surface area contributed by atoms with E-state index in [1.807, 2.05) is 18.2 Å². The SMILES string of the molecule is O=C(NC1CCCCC1)c1ccc2c(c1)NC(=O)[C@@H]1CCCN21. The lowest BCUT2D eigenvalue weighted by Crippen LogP contribution is -2.44. The molecule has 0 unspecified atom stereocenters. The molecule has 0 radical (unpaired) electrons. The lowest BCUT2D eigenvalue weighted by atomic mass is 9.95. The van der Waals surface area contributed by atoms with Crippen molar-refractivity contribution < 1.29 is 9.59 Å². The van der Waals surface area contributed by atoms with E-state index in [0.29, 0.717) is 11.6 Å². The van der Waals surface area contributed by atoms with E-state index in [-0.39, 0.29) is 17.9 Å². The van der Waals surface area contributed by atoms with E-state index in [1.165, 1.54) is 19.3 Å². The molecule has 3 aliphatic rings. The third-order valence-corrected chi connectivity index (χ3v) is 5.32. The van der Waals surface area contributed by atoms with Crippen LogP contribution in [0.25, 0.3) is 0 Å². The van der Waals surface area contributed by atoms with Gasteiger partial charge >= 0.3 is 0 Å². The van der Waals surface area contributed by atoms with Crippen LogP contribution in [0.3, 0.4) is 0 Å². The molecular formula is C18H23N3O2. The maximum absolute atomic E-state index is 12.5. The molecule has 1 aromatic carbocycles. The zero-order valence-corrected chi connectivity index (χ0v) is 13.3. The molecule has 1 aliphatic carbocycles. The summed E-state index contributed by atoms with van der Waals surface area (Å²) in [4.78, 5) is 26.8. The molecule has 2 heterocycles. The minimum atomic E-state index is -0.0376. The van der Waals surface area contributed by atoms with Crippen LogP contribution in [0, 0.1) is 0 Å². The lowest BCUT2D eigenvalue weighted by molar-refractivity contribution is -0.117. The fourth-order valence-electron chi connectivity index (χ4n) is 4.09. The van der Waals surface area contributed by atoms with Crippen LogP contribution >= 0.6 is 0 Å². The van der Waals surface area contributed by atoms with Crippen LogP contribution in [0.5, 0.6) is 0 Å². The largest absolute Gasteiger partial charge is 0.358 e. The van der Waals surface area contributed by atoms with E-state index in [1.54, 1.807) is 0 Å². The maximum Gasteiger partial charge on any atom is 0.251 e. The molecule has 2 aliphatic heterocycles. The second-order valence-electron chi connectivity index (χ2n) is 6.88. The first-order valence-corrected chi connectivity index (χ1v) is 8.75. The van der Waals surface area contributed by atoms with Crippen molar-refractivity contribution in [1.82, 2.24) is 5.32 Å². The molecule has 0 spiro atoms. The Labute approximate surface area is 136 Å². The van der Waals surface area contributed by atoms with Crippen molar-refractivity contribution in [3.05, 3.63) is 23.8 Å². The van der Waals surface area contributed by atoms with Gasteiger partial charge in [-0.15, -0.1) is 0 Å². The van der Waals surface area contributed by atoms with E-state index in [4.69, 9.17) is 0 Å². The summed E-state index contributed by atoms with van der Waals surface area (Å²) in [6.45, 7) is 0.915. The molecule has 0 aromatic heterocycles. The molecule has 1 aromatic rings. The van der Waals surface area contributed by atoms with Gasteiger partial charge in [0.15, 0.2) is 0 Å². The van der Waals surface area contributed by atoms with Crippen molar-refractivity contribution in [2.45, 2.75) is 57.0 Å². The summed E-state index contributed by atoms with van der Waals surface area (Å²) in [6.07, 6.45) is 7.76. The van der Waals surface area contributed by atoms with Crippen LogP contribution in [0.1, 0.15) is 55.3 Å². The Morgan fingerprint density at radius 1 is 1.13 bits per heavy atom. The number of hydrogen-bond donors (Lipinski definition) is 2. The van der Waals surface area contributed by atoms with Gasteiger partial charge in [-0.1, -0.05) is 19.3 Å². The van der Waals surface area contributed by atoms with Crippen molar-refractivity contribution in [2.75, 3.05) is 16.8 Å². The highest BCUT2D eigenvalue weighted by atomic mass is 16.2. The fourth-order valence-corrected chi connectivity index (χ4v) is 4.09. The van der Waals surface area contributed by atoms with Crippen molar-refractivity contribution >= 4 is 23.2 Å². The molecule has 2 amide bonds. The van der Waals surface area contributed by atoms with E-state index in [9.17, 15) is 9.59 Å². The van der Waals surface area contributed by atoms with Crippen LogP contribution in [-0.2, 0) is 4.79 Å². The Morgan fingerprint density at radius 2 is 1.96 bits per heavy atom. The molecule has 4 rings (SSSR count). The summed E-state index contributed by atoms with van der Waals surface area (Å²) in [5.41, 5.74) is 2.44. The van der Waals surface area contributed by atoms with Gasteiger partial charge in [0.05, 0.1) is 11.4 Å². The van der Waals surface area contributed by atoms with Gasteiger partial charge in [0.25, 0.3) is 5.91 Å². The Hall–Kier alpha value is -2.04. The smallest absolute Gasteiger partial charge is 0.251 e. The van der Waals surface area contributed by atoms with E-state index < -0.39 is 0 Å². The number of nitrogens with one attached hydrogen (secondary N) is 2. The van der Waals surface area contributed by atoms with Gasteiger partial charge in [0.2, 0.25) is 5.91 Å². The van der Waals surface area contributed by atoms with Crippen LogP contribution < -0.4 is 15.5 Å². The van der Waals surface area contributed by atoms with E-state index >= 15 is 0 Å². The lowest BCUT2D eigenvalue weighted by Gasteiger charge is -2.33. The van der Waals surface area contributed by atoms with Crippen molar-refractivity contribution in [2.24, 2.45) is 0 Å². The van der Waals surface area contributed by atoms with Gasteiger partial charge in [-0.3, -0.25) is 9.59 Å². The number of fused-ring (bicyclic) bond motifs is 3. The molecule has 2 fully saturated rings. The quantitative estimate of drug-likeness (QED) is 0.882. The minimum Gasteiger partial charge on any atom is -0.358 e. The van der Waals surface area contributed by atoms with Crippen molar-refractivity contribution in [1.29, 1.82) is 0 Å². The molecule has 2 N–H and O–H groups in total. The Morgan fingerprint density at radius 3 is 2.78 bits per heavy atom. The van der Waals surface area contributed by atoms with Crippen LogP contribution in [0.2, 0.25) is 0 Å². The number of rotatable bonds is 2. The first-order chi connectivity index (χ1) is 11.2. The predicted octanol–water partition coefficient (Wildman–Crippen LogP) is 2.67. The molecule has 1 atom stereocenters. The number of hydrogen-bond acceptors (Lipinski definition) is 3. The summed E-state index contributed by atoms with van der Waals surface area (Å²) in [5, 5.41) is 6.10. The maximum atomic E-state index is 12.5. The number of carbonyl (C=O) groups is 2. The average Bonchev–Trinajstić information content (AvgIpc) is 3.06. The van der Waals surface area contributed by atoms with Gasteiger partial charge in [-0.05, 0) is 43.9 Å². The Balaban J connectivity index is 1.54. The van der Waals surface area contributed by atoms with Crippen molar-refractivity contribution in [3.8, 4) is 0 Å². The third-order valence-electron chi connectivity index (χ3n) is 5.32. The highest BCUT2D eigenvalue weighted by Gasteiger charge is 2.36. The zero-order valence-electron chi connectivity index (χ0n) is 13.3. The highest BCUT2D eigenvalue weighted by molar-refractivity contribution is 6.06. The number of carbonyl (C=O) groups excluding carboxylic acids is 2. The molecular weight excluding hydrogens is 290 g/mol. The van der Waals surface area contributed by atoms with Gasteiger partial charge in [0.1, 0.15) is 6.04 Å². The van der Waals surface area contributed by atoms with Gasteiger partial charge in [-0.2, -0.15) is 0 Å². The molecule has 5 nitrogen and oxygen atoms in total. The van der Waals surface area contributed by atoms with Crippen LogP contribution in [0.15, 0.2) is 18.2 Å². The number of benzene rings is 1. The standard InChI is InChI=1S/C18H23N3O2/c22-17(19-13-5-2-1-3-6-13)12-8-9-15-14(11-12)20-18(23)16-7-4-10-21(15)16/h8-9,11,13,16H,1-7,10H2,(H,19,22)(H,20,23)/t16-/m0/s1. The summed E-state index contributed by atoms with van der Waals surface area (Å²) >= 11 is 0. The molecule has 1 saturated heterocycles. The van der Waals surface area contributed by atoms with Gasteiger partial charge < -0.3 is 15.5 Å². The molecule has 1 saturated carbocycles. The fraction of sp³-hybridized carbons (Fsp3) is 0.556. The molecule has 23 heavy (non-hydrogen) atoms. The molecule has 5 heteroatoms. The van der Waals surface area contributed by atoms with Gasteiger partial charge in [0, 0.05) is 18.2 Å². The molecule has 0 bridgehead atoms. The van der Waals surface area contributed by atoms with Crippen LogP contribution in [-0.4, -0.2) is 30.4 Å². The van der Waals surface area contributed by atoms with Gasteiger partial charge in [-0.25, -0.2) is 0 Å². The minimum absolute atomic E-state index is 0.0301. The topological polar surface area (TPSA) is 61.4 Å². The third kappa shape index (κ3) is 2.69. The second-order valence-corrected chi connectivity index (χ2v) is 6.88. The number of anilines is 2. The number of nitrogens with zero attached hydrogens (tertiary/aromatic N) is 1. The monoisotopic (exact) mass is 313 g/mol. The number of amides is 2. The van der Waals surface area contributed by atoms with Crippen molar-refractivity contribution in [3.63, 3.8) is 0 Å². The van der Waals surface area contributed by atoms with E-state index in [0.717, 1.165) is 43.6 Å². The Kier molecular flexibility index (Phi) is 3.71. The van der Waals surface area contributed by atoms with Crippen LogP contribution in [0.4, 0.5) is 11.4 Å². The predicted molar refractivity (Wildman–Crippen MR) is 89.8 cm³/mol.